The van der Waals surface area contributed by atoms with Gasteiger partial charge in [-0.15, -0.1) is 0 Å². The van der Waals surface area contributed by atoms with Crippen LogP contribution in [0.25, 0.3) is 0 Å². The number of urea groups is 1. The van der Waals surface area contributed by atoms with Gasteiger partial charge >= 0.3 is 6.03 Å². The van der Waals surface area contributed by atoms with E-state index in [1.165, 1.54) is 25.8 Å². The molecule has 2 fully saturated rings. The van der Waals surface area contributed by atoms with E-state index in [9.17, 15) is 4.79 Å². The fraction of sp³-hybridized carbons (Fsp3) is 0.600. The molecule has 0 spiro atoms. The summed E-state index contributed by atoms with van der Waals surface area (Å²) in [5.41, 5.74) is 1.02. The Hall–Kier alpha value is -1.62. The number of hydrogen-bond donors (Lipinski definition) is 2. The SMILES string of the molecule is O=C(NCc1cccnc1)NC[C@H]1CCN(C2CC2)C1. The molecule has 0 radical (unpaired) electrons. The molecule has 1 aliphatic carbocycles. The summed E-state index contributed by atoms with van der Waals surface area (Å²) in [7, 11) is 0. The van der Waals surface area contributed by atoms with E-state index in [-0.39, 0.29) is 6.03 Å². The Balaban J connectivity index is 1.33. The number of likely N-dealkylation sites (tertiary alicyclic amines) is 1. The van der Waals surface area contributed by atoms with Crippen LogP contribution in [0.3, 0.4) is 0 Å². The zero-order chi connectivity index (χ0) is 13.8. The maximum absolute atomic E-state index is 11.7. The van der Waals surface area contributed by atoms with Crippen molar-refractivity contribution >= 4 is 6.03 Å². The third-order valence-corrected chi connectivity index (χ3v) is 4.11. The third kappa shape index (κ3) is 3.70. The average Bonchev–Trinajstić information content (AvgIpc) is 3.23. The topological polar surface area (TPSA) is 57.3 Å². The van der Waals surface area contributed by atoms with Crippen LogP contribution in [0.15, 0.2) is 24.5 Å². The first-order valence-electron chi connectivity index (χ1n) is 7.46. The fourth-order valence-electron chi connectivity index (χ4n) is 2.79. The monoisotopic (exact) mass is 274 g/mol. The minimum Gasteiger partial charge on any atom is -0.338 e. The van der Waals surface area contributed by atoms with E-state index in [0.29, 0.717) is 12.5 Å². The predicted molar refractivity (Wildman–Crippen MR) is 77.2 cm³/mol. The van der Waals surface area contributed by atoms with Crippen LogP contribution in [0.2, 0.25) is 0 Å². The second-order valence-corrected chi connectivity index (χ2v) is 5.81. The van der Waals surface area contributed by atoms with Gasteiger partial charge in [-0.05, 0) is 43.4 Å². The van der Waals surface area contributed by atoms with Crippen LogP contribution in [-0.4, -0.2) is 41.6 Å². The van der Waals surface area contributed by atoms with Gasteiger partial charge in [0.15, 0.2) is 0 Å². The molecule has 2 N–H and O–H groups in total. The number of hydrogen-bond acceptors (Lipinski definition) is 3. The summed E-state index contributed by atoms with van der Waals surface area (Å²) < 4.78 is 0. The molecule has 1 saturated carbocycles. The highest BCUT2D eigenvalue weighted by Gasteiger charge is 2.34. The smallest absolute Gasteiger partial charge is 0.315 e. The van der Waals surface area contributed by atoms with E-state index in [4.69, 9.17) is 0 Å². The van der Waals surface area contributed by atoms with Gasteiger partial charge in [0.1, 0.15) is 0 Å². The quantitative estimate of drug-likeness (QED) is 0.852. The molecule has 5 heteroatoms. The van der Waals surface area contributed by atoms with Crippen molar-refractivity contribution in [2.45, 2.75) is 31.8 Å². The van der Waals surface area contributed by atoms with E-state index in [2.05, 4.69) is 20.5 Å². The lowest BCUT2D eigenvalue weighted by Gasteiger charge is -2.15. The van der Waals surface area contributed by atoms with Gasteiger partial charge in [-0.1, -0.05) is 6.07 Å². The van der Waals surface area contributed by atoms with Gasteiger partial charge in [0.2, 0.25) is 0 Å². The molecule has 1 aliphatic heterocycles. The normalized spacial score (nSPS) is 22.7. The molecule has 108 valence electrons. The van der Waals surface area contributed by atoms with Crippen LogP contribution in [0.4, 0.5) is 4.79 Å². The number of amides is 2. The van der Waals surface area contributed by atoms with E-state index in [1.807, 2.05) is 12.1 Å². The number of nitrogens with zero attached hydrogens (tertiary/aromatic N) is 2. The highest BCUT2D eigenvalue weighted by molar-refractivity contribution is 5.73. The maximum atomic E-state index is 11.7. The Morgan fingerprint density at radius 3 is 3.00 bits per heavy atom. The molecule has 1 atom stereocenters. The van der Waals surface area contributed by atoms with Crippen molar-refractivity contribution in [3.05, 3.63) is 30.1 Å². The molecular weight excluding hydrogens is 252 g/mol. The maximum Gasteiger partial charge on any atom is 0.315 e. The van der Waals surface area contributed by atoms with Gasteiger partial charge < -0.3 is 15.5 Å². The number of rotatable bonds is 5. The first-order valence-corrected chi connectivity index (χ1v) is 7.46. The molecule has 3 rings (SSSR count). The Morgan fingerprint density at radius 1 is 1.35 bits per heavy atom. The van der Waals surface area contributed by atoms with Crippen LogP contribution < -0.4 is 10.6 Å². The van der Waals surface area contributed by atoms with Crippen molar-refractivity contribution in [3.63, 3.8) is 0 Å². The average molecular weight is 274 g/mol. The fourth-order valence-corrected chi connectivity index (χ4v) is 2.79. The van der Waals surface area contributed by atoms with Crippen molar-refractivity contribution in [3.8, 4) is 0 Å². The lowest BCUT2D eigenvalue weighted by molar-refractivity contribution is 0.238. The lowest BCUT2D eigenvalue weighted by atomic mass is 10.1. The van der Waals surface area contributed by atoms with Crippen molar-refractivity contribution < 1.29 is 4.79 Å². The molecule has 20 heavy (non-hydrogen) atoms. The lowest BCUT2D eigenvalue weighted by Crippen LogP contribution is -2.38. The summed E-state index contributed by atoms with van der Waals surface area (Å²) in [6.07, 6.45) is 7.44. The van der Waals surface area contributed by atoms with E-state index >= 15 is 0 Å². The zero-order valence-corrected chi connectivity index (χ0v) is 11.7. The van der Waals surface area contributed by atoms with Crippen molar-refractivity contribution in [1.29, 1.82) is 0 Å². The highest BCUT2D eigenvalue weighted by atomic mass is 16.2. The molecule has 2 aliphatic rings. The number of carbonyl (C=O) groups excluding carboxylic acids is 1. The third-order valence-electron chi connectivity index (χ3n) is 4.11. The van der Waals surface area contributed by atoms with Crippen molar-refractivity contribution in [2.75, 3.05) is 19.6 Å². The minimum atomic E-state index is -0.0845. The largest absolute Gasteiger partial charge is 0.338 e. The van der Waals surface area contributed by atoms with Crippen molar-refractivity contribution in [1.82, 2.24) is 20.5 Å². The summed E-state index contributed by atoms with van der Waals surface area (Å²) in [4.78, 5) is 18.3. The van der Waals surface area contributed by atoms with Gasteiger partial charge in [-0.2, -0.15) is 0 Å². The van der Waals surface area contributed by atoms with Gasteiger partial charge in [0.25, 0.3) is 0 Å². The Kier molecular flexibility index (Phi) is 4.16. The molecule has 2 amide bonds. The highest BCUT2D eigenvalue weighted by Crippen LogP contribution is 2.31. The van der Waals surface area contributed by atoms with Gasteiger partial charge in [-0.25, -0.2) is 4.79 Å². The summed E-state index contributed by atoms with van der Waals surface area (Å²) in [5.74, 6) is 0.611. The van der Waals surface area contributed by atoms with Crippen LogP contribution in [0, 0.1) is 5.92 Å². The molecule has 1 saturated heterocycles. The van der Waals surface area contributed by atoms with Crippen LogP contribution in [-0.2, 0) is 6.54 Å². The van der Waals surface area contributed by atoms with E-state index < -0.39 is 0 Å². The van der Waals surface area contributed by atoms with E-state index in [0.717, 1.165) is 24.7 Å². The summed E-state index contributed by atoms with van der Waals surface area (Å²) >= 11 is 0. The minimum absolute atomic E-state index is 0.0845. The molecular formula is C15H22N4O. The first-order chi connectivity index (χ1) is 9.81. The standard InChI is InChI=1S/C15H22N4O/c20-15(17-9-12-2-1-6-16-8-12)18-10-13-5-7-19(11-13)14-3-4-14/h1-2,6,8,13-14H,3-5,7,9-11H2,(H2,17,18,20)/t13-/m1/s1. The van der Waals surface area contributed by atoms with Gasteiger partial charge in [0, 0.05) is 38.1 Å². The number of nitrogens with one attached hydrogen (secondary N) is 2. The molecule has 1 aromatic heterocycles. The predicted octanol–water partition coefficient (Wildman–Crippen LogP) is 1.37. The number of aromatic nitrogens is 1. The first kappa shape index (κ1) is 13.4. The summed E-state index contributed by atoms with van der Waals surface area (Å²) in [6.45, 7) is 3.66. The zero-order valence-electron chi connectivity index (χ0n) is 11.7. The van der Waals surface area contributed by atoms with Gasteiger partial charge in [0.05, 0.1) is 0 Å². The summed E-state index contributed by atoms with van der Waals surface area (Å²) in [5, 5.41) is 5.84. The van der Waals surface area contributed by atoms with Crippen LogP contribution in [0.5, 0.6) is 0 Å². The molecule has 0 aromatic carbocycles. The second kappa shape index (κ2) is 6.22. The molecule has 5 nitrogen and oxygen atoms in total. The van der Waals surface area contributed by atoms with Crippen LogP contribution >= 0.6 is 0 Å². The van der Waals surface area contributed by atoms with Crippen LogP contribution in [0.1, 0.15) is 24.8 Å². The number of pyridine rings is 1. The Labute approximate surface area is 119 Å². The van der Waals surface area contributed by atoms with E-state index in [1.54, 1.807) is 12.4 Å². The molecule has 0 bridgehead atoms. The molecule has 2 heterocycles. The number of carbonyl (C=O) groups is 1. The molecule has 1 aromatic rings. The van der Waals surface area contributed by atoms with Crippen molar-refractivity contribution in [2.24, 2.45) is 5.92 Å². The van der Waals surface area contributed by atoms with Gasteiger partial charge in [-0.3, -0.25) is 4.98 Å². The summed E-state index contributed by atoms with van der Waals surface area (Å²) in [6, 6.07) is 4.59. The second-order valence-electron chi connectivity index (χ2n) is 5.81. The molecule has 0 unspecified atom stereocenters. The Bertz CT molecular complexity index is 446. The Morgan fingerprint density at radius 2 is 2.25 bits per heavy atom.